The van der Waals surface area contributed by atoms with Gasteiger partial charge in [-0.3, -0.25) is 0 Å². The van der Waals surface area contributed by atoms with Crippen LogP contribution in [-0.2, 0) is 12.8 Å². The Kier molecular flexibility index (Phi) is 2.76. The van der Waals surface area contributed by atoms with Crippen molar-refractivity contribution in [2.45, 2.75) is 52.1 Å². The molecule has 2 aliphatic rings. The van der Waals surface area contributed by atoms with Gasteiger partial charge < -0.3 is 10.2 Å². The quantitative estimate of drug-likeness (QED) is 0.752. The van der Waals surface area contributed by atoms with Crippen LogP contribution >= 0.6 is 0 Å². The SMILES string of the molecule is CC1Cc2ccc3c(c2NC1C)N(C)C(C)CC3. The first kappa shape index (κ1) is 11.9. The average Bonchev–Trinajstić information content (AvgIpc) is 2.35. The number of rotatable bonds is 0. The molecule has 0 aromatic heterocycles. The maximum Gasteiger partial charge on any atom is 0.0637 e. The van der Waals surface area contributed by atoms with Crippen molar-refractivity contribution in [3.8, 4) is 0 Å². The summed E-state index contributed by atoms with van der Waals surface area (Å²) >= 11 is 0. The minimum Gasteiger partial charge on any atom is -0.380 e. The third-order valence-electron chi connectivity index (χ3n) is 4.96. The second-order valence-electron chi connectivity index (χ2n) is 6.22. The number of fused-ring (bicyclic) bond motifs is 3. The maximum absolute atomic E-state index is 3.75. The highest BCUT2D eigenvalue weighted by Crippen LogP contribution is 2.42. The van der Waals surface area contributed by atoms with E-state index >= 15 is 0 Å². The summed E-state index contributed by atoms with van der Waals surface area (Å²) in [6, 6.07) is 5.92. The van der Waals surface area contributed by atoms with Crippen LogP contribution in [0, 0.1) is 5.92 Å². The van der Waals surface area contributed by atoms with Crippen LogP contribution in [0.2, 0.25) is 0 Å². The van der Waals surface area contributed by atoms with Crippen molar-refractivity contribution in [2.75, 3.05) is 17.3 Å². The van der Waals surface area contributed by atoms with E-state index in [-0.39, 0.29) is 0 Å². The number of nitrogens with zero attached hydrogens (tertiary/aromatic N) is 1. The first-order valence-electron chi connectivity index (χ1n) is 7.22. The zero-order chi connectivity index (χ0) is 12.9. The van der Waals surface area contributed by atoms with Crippen molar-refractivity contribution < 1.29 is 0 Å². The van der Waals surface area contributed by atoms with Crippen molar-refractivity contribution in [1.29, 1.82) is 0 Å². The van der Waals surface area contributed by atoms with Crippen LogP contribution in [0.1, 0.15) is 38.3 Å². The van der Waals surface area contributed by atoms with E-state index in [9.17, 15) is 0 Å². The lowest BCUT2D eigenvalue weighted by atomic mass is 9.86. The molecule has 0 spiro atoms. The summed E-state index contributed by atoms with van der Waals surface area (Å²) in [4.78, 5) is 2.47. The van der Waals surface area contributed by atoms with Gasteiger partial charge in [0.25, 0.3) is 0 Å². The molecule has 2 heteroatoms. The monoisotopic (exact) mass is 244 g/mol. The van der Waals surface area contributed by atoms with Gasteiger partial charge in [-0.25, -0.2) is 0 Å². The summed E-state index contributed by atoms with van der Waals surface area (Å²) in [7, 11) is 2.24. The Bertz CT molecular complexity index is 466. The first-order valence-corrected chi connectivity index (χ1v) is 7.22. The molecular weight excluding hydrogens is 220 g/mol. The molecule has 2 heterocycles. The van der Waals surface area contributed by atoms with E-state index in [1.165, 1.54) is 41.8 Å². The summed E-state index contributed by atoms with van der Waals surface area (Å²) in [5, 5.41) is 3.75. The van der Waals surface area contributed by atoms with Crippen molar-refractivity contribution in [3.05, 3.63) is 23.3 Å². The number of hydrogen-bond acceptors (Lipinski definition) is 2. The van der Waals surface area contributed by atoms with Gasteiger partial charge in [0.15, 0.2) is 0 Å². The van der Waals surface area contributed by atoms with Crippen molar-refractivity contribution in [1.82, 2.24) is 0 Å². The summed E-state index contributed by atoms with van der Waals surface area (Å²) in [5.74, 6) is 0.724. The van der Waals surface area contributed by atoms with E-state index in [4.69, 9.17) is 0 Å². The van der Waals surface area contributed by atoms with E-state index in [1.54, 1.807) is 0 Å². The van der Waals surface area contributed by atoms with Crippen molar-refractivity contribution in [3.63, 3.8) is 0 Å². The van der Waals surface area contributed by atoms with Gasteiger partial charge in [0.05, 0.1) is 11.4 Å². The molecule has 0 bridgehead atoms. The summed E-state index contributed by atoms with van der Waals surface area (Å²) < 4.78 is 0. The van der Waals surface area contributed by atoms with Crippen molar-refractivity contribution in [2.24, 2.45) is 5.92 Å². The average molecular weight is 244 g/mol. The maximum atomic E-state index is 3.75. The summed E-state index contributed by atoms with van der Waals surface area (Å²) in [6.45, 7) is 6.98. The summed E-state index contributed by atoms with van der Waals surface area (Å²) in [6.07, 6.45) is 3.70. The molecule has 0 fully saturated rings. The van der Waals surface area contributed by atoms with E-state index in [0.29, 0.717) is 12.1 Å². The van der Waals surface area contributed by atoms with Crippen LogP contribution in [0.25, 0.3) is 0 Å². The highest BCUT2D eigenvalue weighted by Gasteiger charge is 2.29. The fourth-order valence-electron chi connectivity index (χ4n) is 3.28. The lowest BCUT2D eigenvalue weighted by Gasteiger charge is -2.40. The van der Waals surface area contributed by atoms with Gasteiger partial charge in [0.2, 0.25) is 0 Å². The molecule has 0 radical (unpaired) electrons. The molecule has 2 aliphatic heterocycles. The predicted octanol–water partition coefficient (Wildman–Crippen LogP) is 3.45. The normalized spacial score (nSPS) is 30.4. The molecule has 0 saturated carbocycles. The molecular formula is C16H24N2. The second-order valence-corrected chi connectivity index (χ2v) is 6.22. The van der Waals surface area contributed by atoms with Crippen LogP contribution in [0.5, 0.6) is 0 Å². The molecule has 2 nitrogen and oxygen atoms in total. The van der Waals surface area contributed by atoms with Crippen molar-refractivity contribution >= 4 is 11.4 Å². The highest BCUT2D eigenvalue weighted by molar-refractivity contribution is 5.79. The number of nitrogens with one attached hydrogen (secondary N) is 1. The van der Waals surface area contributed by atoms with Gasteiger partial charge in [0, 0.05) is 19.1 Å². The van der Waals surface area contributed by atoms with E-state index in [0.717, 1.165) is 5.92 Å². The standard InChI is InChI=1S/C16H24N2/c1-10-9-14-8-7-13-6-5-11(2)18(4)16(13)15(14)17-12(10)3/h7-8,10-12,17H,5-6,9H2,1-4H3. The van der Waals surface area contributed by atoms with Crippen LogP contribution in [0.4, 0.5) is 11.4 Å². The third-order valence-corrected chi connectivity index (χ3v) is 4.96. The number of anilines is 2. The van der Waals surface area contributed by atoms with Crippen LogP contribution < -0.4 is 10.2 Å². The van der Waals surface area contributed by atoms with Gasteiger partial charge >= 0.3 is 0 Å². The van der Waals surface area contributed by atoms with Crippen LogP contribution in [0.15, 0.2) is 12.1 Å². The smallest absolute Gasteiger partial charge is 0.0637 e. The zero-order valence-corrected chi connectivity index (χ0v) is 12.0. The Morgan fingerprint density at radius 1 is 1.17 bits per heavy atom. The Labute approximate surface area is 110 Å². The third kappa shape index (κ3) is 1.70. The molecule has 1 aromatic carbocycles. The second kappa shape index (κ2) is 4.18. The van der Waals surface area contributed by atoms with Gasteiger partial charge in [-0.1, -0.05) is 19.1 Å². The zero-order valence-electron chi connectivity index (χ0n) is 12.0. The number of hydrogen-bond donors (Lipinski definition) is 1. The van der Waals surface area contributed by atoms with Gasteiger partial charge in [-0.2, -0.15) is 0 Å². The Morgan fingerprint density at radius 2 is 1.89 bits per heavy atom. The molecule has 18 heavy (non-hydrogen) atoms. The molecule has 3 rings (SSSR count). The minimum absolute atomic E-state index is 0.578. The van der Waals surface area contributed by atoms with Gasteiger partial charge in [-0.05, 0) is 50.2 Å². The highest BCUT2D eigenvalue weighted by atomic mass is 15.2. The topological polar surface area (TPSA) is 15.3 Å². The van der Waals surface area contributed by atoms with E-state index < -0.39 is 0 Å². The fourth-order valence-corrected chi connectivity index (χ4v) is 3.28. The minimum atomic E-state index is 0.578. The van der Waals surface area contributed by atoms with Crippen LogP contribution in [-0.4, -0.2) is 19.1 Å². The van der Waals surface area contributed by atoms with Crippen LogP contribution in [0.3, 0.4) is 0 Å². The molecule has 0 amide bonds. The Hall–Kier alpha value is -1.18. The molecule has 3 unspecified atom stereocenters. The van der Waals surface area contributed by atoms with Gasteiger partial charge in [0.1, 0.15) is 0 Å². The molecule has 1 aromatic rings. The number of aryl methyl sites for hydroxylation is 1. The summed E-state index contributed by atoms with van der Waals surface area (Å²) in [5.41, 5.74) is 5.89. The molecule has 3 atom stereocenters. The predicted molar refractivity (Wildman–Crippen MR) is 78.6 cm³/mol. The molecule has 0 aliphatic carbocycles. The molecule has 0 saturated heterocycles. The Balaban J connectivity index is 2.10. The lowest BCUT2D eigenvalue weighted by molar-refractivity contribution is 0.489. The van der Waals surface area contributed by atoms with Gasteiger partial charge in [-0.15, -0.1) is 0 Å². The van der Waals surface area contributed by atoms with E-state index in [2.05, 4.69) is 50.2 Å². The Morgan fingerprint density at radius 3 is 2.67 bits per heavy atom. The largest absolute Gasteiger partial charge is 0.380 e. The fraction of sp³-hybridized carbons (Fsp3) is 0.625. The van der Waals surface area contributed by atoms with E-state index in [1.807, 2.05) is 0 Å². The first-order chi connectivity index (χ1) is 8.58. The molecule has 1 N–H and O–H groups in total. The number of benzene rings is 1. The lowest BCUT2D eigenvalue weighted by Crippen LogP contribution is -2.37. The molecule has 98 valence electrons.